The summed E-state index contributed by atoms with van der Waals surface area (Å²) in [5.74, 6) is -0.650. The van der Waals surface area contributed by atoms with Crippen LogP contribution in [0.1, 0.15) is 16.1 Å². The summed E-state index contributed by atoms with van der Waals surface area (Å²) in [7, 11) is 0. The number of rotatable bonds is 5. The van der Waals surface area contributed by atoms with Crippen LogP contribution in [-0.2, 0) is 6.54 Å². The molecule has 0 aliphatic carbocycles. The van der Waals surface area contributed by atoms with Crippen molar-refractivity contribution in [3.63, 3.8) is 0 Å². The molecule has 8 heteroatoms. The van der Waals surface area contributed by atoms with Crippen LogP contribution in [0.3, 0.4) is 0 Å². The van der Waals surface area contributed by atoms with Crippen LogP contribution in [0.4, 0.5) is 10.1 Å². The largest absolute Gasteiger partial charge is 0.321 e. The van der Waals surface area contributed by atoms with E-state index < -0.39 is 0 Å². The highest BCUT2D eigenvalue weighted by atomic mass is 19.1. The Morgan fingerprint density at radius 2 is 1.86 bits per heavy atom. The summed E-state index contributed by atoms with van der Waals surface area (Å²) in [4.78, 5) is 17.0. The molecule has 138 valence electrons. The molecule has 0 saturated carbocycles. The van der Waals surface area contributed by atoms with Gasteiger partial charge >= 0.3 is 0 Å². The van der Waals surface area contributed by atoms with Gasteiger partial charge in [0.2, 0.25) is 0 Å². The molecular weight excluding hydrogens is 359 g/mol. The number of tetrazole rings is 1. The van der Waals surface area contributed by atoms with E-state index in [1.165, 1.54) is 18.5 Å². The zero-order valence-corrected chi connectivity index (χ0v) is 14.7. The lowest BCUT2D eigenvalue weighted by molar-refractivity contribution is 0.102. The number of amides is 1. The second kappa shape index (κ2) is 7.75. The van der Waals surface area contributed by atoms with Gasteiger partial charge in [0.05, 0.1) is 12.2 Å². The minimum atomic E-state index is -0.330. The lowest BCUT2D eigenvalue weighted by Crippen LogP contribution is -2.14. The second-order valence-electron chi connectivity index (χ2n) is 6.08. The lowest BCUT2D eigenvalue weighted by Gasteiger charge is -2.08. The van der Waals surface area contributed by atoms with Gasteiger partial charge in [-0.1, -0.05) is 18.2 Å². The molecule has 4 rings (SSSR count). The monoisotopic (exact) mass is 374 g/mol. The maximum absolute atomic E-state index is 13.1. The summed E-state index contributed by atoms with van der Waals surface area (Å²) in [5, 5.41) is 13.9. The molecule has 1 amide bonds. The smallest absolute Gasteiger partial charge is 0.274 e. The third-order valence-electron chi connectivity index (χ3n) is 4.04. The normalized spacial score (nSPS) is 10.6. The average Bonchev–Trinajstić information content (AvgIpc) is 3.22. The van der Waals surface area contributed by atoms with Crippen molar-refractivity contribution in [2.24, 2.45) is 0 Å². The van der Waals surface area contributed by atoms with E-state index >= 15 is 0 Å². The van der Waals surface area contributed by atoms with Crippen molar-refractivity contribution in [1.82, 2.24) is 25.2 Å². The van der Waals surface area contributed by atoms with Crippen LogP contribution >= 0.6 is 0 Å². The van der Waals surface area contributed by atoms with Crippen LogP contribution in [0.25, 0.3) is 11.3 Å². The molecule has 0 saturated heterocycles. The van der Waals surface area contributed by atoms with Crippen molar-refractivity contribution in [1.29, 1.82) is 0 Å². The highest BCUT2D eigenvalue weighted by molar-refractivity contribution is 6.03. The van der Waals surface area contributed by atoms with E-state index in [-0.39, 0.29) is 17.4 Å². The molecule has 0 atom stereocenters. The highest BCUT2D eigenvalue weighted by Crippen LogP contribution is 2.18. The summed E-state index contributed by atoms with van der Waals surface area (Å²) >= 11 is 0. The summed E-state index contributed by atoms with van der Waals surface area (Å²) in [6, 6.07) is 18.5. The average molecular weight is 374 g/mol. The summed E-state index contributed by atoms with van der Waals surface area (Å²) in [6.45, 7) is 0.495. The molecule has 0 aliphatic rings. The molecule has 2 aromatic heterocycles. The highest BCUT2D eigenvalue weighted by Gasteiger charge is 2.10. The zero-order valence-electron chi connectivity index (χ0n) is 14.7. The predicted molar refractivity (Wildman–Crippen MR) is 101 cm³/mol. The molecular formula is C20H15FN6O. The molecule has 0 bridgehead atoms. The third-order valence-corrected chi connectivity index (χ3v) is 4.04. The van der Waals surface area contributed by atoms with Gasteiger partial charge in [0.15, 0.2) is 0 Å². The standard InChI is InChI=1S/C20H15FN6O/c21-16-9-7-15(8-10-16)18-5-2-6-19(24-18)20(28)23-17-4-1-3-14(11-17)12-27-13-22-25-26-27/h1-11,13H,12H2,(H,23,28). The topological polar surface area (TPSA) is 85.6 Å². The predicted octanol–water partition coefficient (Wildman–Crippen LogP) is 3.17. The maximum atomic E-state index is 13.1. The van der Waals surface area contributed by atoms with E-state index in [1.807, 2.05) is 18.2 Å². The van der Waals surface area contributed by atoms with Gasteiger partial charge in [-0.15, -0.1) is 5.10 Å². The van der Waals surface area contributed by atoms with E-state index in [0.717, 1.165) is 11.1 Å². The molecule has 0 radical (unpaired) electrons. The minimum absolute atomic E-state index is 0.271. The second-order valence-corrected chi connectivity index (χ2v) is 6.08. The van der Waals surface area contributed by atoms with Gasteiger partial charge in [-0.05, 0) is 64.5 Å². The van der Waals surface area contributed by atoms with Crippen molar-refractivity contribution in [3.8, 4) is 11.3 Å². The Balaban J connectivity index is 1.51. The molecule has 2 heterocycles. The number of carbonyl (C=O) groups is 1. The van der Waals surface area contributed by atoms with Crippen molar-refractivity contribution in [3.05, 3.63) is 90.1 Å². The first-order valence-electron chi connectivity index (χ1n) is 8.51. The molecule has 0 aliphatic heterocycles. The van der Waals surface area contributed by atoms with Gasteiger partial charge in [-0.3, -0.25) is 4.79 Å². The Hall–Kier alpha value is -3.94. The molecule has 4 aromatic rings. The first-order valence-corrected chi connectivity index (χ1v) is 8.51. The van der Waals surface area contributed by atoms with Crippen molar-refractivity contribution in [2.75, 3.05) is 5.32 Å². The molecule has 0 fully saturated rings. The van der Waals surface area contributed by atoms with Crippen LogP contribution in [-0.4, -0.2) is 31.1 Å². The van der Waals surface area contributed by atoms with E-state index in [2.05, 4.69) is 25.8 Å². The fraction of sp³-hybridized carbons (Fsp3) is 0.0500. The number of carbonyl (C=O) groups excluding carboxylic acids is 1. The number of hydrogen-bond donors (Lipinski definition) is 1. The number of nitrogens with zero attached hydrogens (tertiary/aromatic N) is 5. The van der Waals surface area contributed by atoms with Gasteiger partial charge in [-0.25, -0.2) is 14.1 Å². The van der Waals surface area contributed by atoms with Crippen LogP contribution in [0.15, 0.2) is 73.1 Å². The van der Waals surface area contributed by atoms with Gasteiger partial charge in [-0.2, -0.15) is 0 Å². The summed E-state index contributed by atoms with van der Waals surface area (Å²) in [5.41, 5.74) is 3.19. The maximum Gasteiger partial charge on any atom is 0.274 e. The van der Waals surface area contributed by atoms with Crippen LogP contribution in [0, 0.1) is 5.82 Å². The van der Waals surface area contributed by atoms with Gasteiger partial charge < -0.3 is 5.32 Å². The molecule has 2 aromatic carbocycles. The fourth-order valence-electron chi connectivity index (χ4n) is 2.72. The van der Waals surface area contributed by atoms with Crippen LogP contribution < -0.4 is 5.32 Å². The molecule has 28 heavy (non-hydrogen) atoms. The lowest BCUT2D eigenvalue weighted by atomic mass is 10.1. The summed E-state index contributed by atoms with van der Waals surface area (Å²) in [6.07, 6.45) is 1.52. The summed E-state index contributed by atoms with van der Waals surface area (Å²) < 4.78 is 14.7. The first kappa shape index (κ1) is 17.5. The molecule has 7 nitrogen and oxygen atoms in total. The SMILES string of the molecule is O=C(Nc1cccc(Cn2cnnn2)c1)c1cccc(-c2ccc(F)cc2)n1. The Morgan fingerprint density at radius 1 is 1.04 bits per heavy atom. The molecule has 0 spiro atoms. The van der Waals surface area contributed by atoms with E-state index in [0.29, 0.717) is 17.9 Å². The van der Waals surface area contributed by atoms with E-state index in [9.17, 15) is 9.18 Å². The first-order chi connectivity index (χ1) is 13.7. The Morgan fingerprint density at radius 3 is 2.64 bits per heavy atom. The van der Waals surface area contributed by atoms with Crippen molar-refractivity contribution >= 4 is 11.6 Å². The third kappa shape index (κ3) is 4.07. The van der Waals surface area contributed by atoms with Gasteiger partial charge in [0.25, 0.3) is 5.91 Å². The Kier molecular flexibility index (Phi) is 4.83. The quantitative estimate of drug-likeness (QED) is 0.580. The van der Waals surface area contributed by atoms with E-state index in [1.54, 1.807) is 41.1 Å². The van der Waals surface area contributed by atoms with Crippen LogP contribution in [0.2, 0.25) is 0 Å². The van der Waals surface area contributed by atoms with Gasteiger partial charge in [0.1, 0.15) is 17.8 Å². The van der Waals surface area contributed by atoms with E-state index in [4.69, 9.17) is 0 Å². The molecule has 1 N–H and O–H groups in total. The number of benzene rings is 2. The Bertz CT molecular complexity index is 1100. The number of aromatic nitrogens is 5. The number of nitrogens with one attached hydrogen (secondary N) is 1. The van der Waals surface area contributed by atoms with Crippen LogP contribution in [0.5, 0.6) is 0 Å². The number of pyridine rings is 1. The molecule has 0 unspecified atom stereocenters. The van der Waals surface area contributed by atoms with Crippen molar-refractivity contribution in [2.45, 2.75) is 6.54 Å². The van der Waals surface area contributed by atoms with Gasteiger partial charge in [0, 0.05) is 11.3 Å². The van der Waals surface area contributed by atoms with Crippen molar-refractivity contribution < 1.29 is 9.18 Å². The Labute approximate surface area is 159 Å². The number of halogens is 1. The number of anilines is 1. The number of hydrogen-bond acceptors (Lipinski definition) is 5. The minimum Gasteiger partial charge on any atom is -0.321 e. The zero-order chi connectivity index (χ0) is 19.3. The fourth-order valence-corrected chi connectivity index (χ4v) is 2.72.